The van der Waals surface area contributed by atoms with E-state index in [1.165, 1.54) is 4.57 Å². The van der Waals surface area contributed by atoms with Crippen molar-refractivity contribution in [3.8, 4) is 0 Å². The predicted octanol–water partition coefficient (Wildman–Crippen LogP) is -0.698. The van der Waals surface area contributed by atoms with Gasteiger partial charge in [-0.25, -0.2) is 4.79 Å². The summed E-state index contributed by atoms with van der Waals surface area (Å²) in [5.74, 6) is 0.592. The second-order valence-corrected chi connectivity index (χ2v) is 5.40. The average Bonchev–Trinajstić information content (AvgIpc) is 3.01. The van der Waals surface area contributed by atoms with Gasteiger partial charge >= 0.3 is 5.69 Å². The van der Waals surface area contributed by atoms with Crippen LogP contribution in [0.5, 0.6) is 0 Å². The molecule has 9 nitrogen and oxygen atoms in total. The maximum Gasteiger partial charge on any atom is 0.329 e. The minimum Gasteiger partial charge on any atom is -0.394 e. The number of aliphatic hydroxyl groups excluding tert-OH is 1. The van der Waals surface area contributed by atoms with Crippen LogP contribution in [0.15, 0.2) is 9.59 Å². The molecular weight excluding hydrogens is 302 g/mol. The van der Waals surface area contributed by atoms with Gasteiger partial charge in [0.2, 0.25) is 5.78 Å². The number of nitrogens with zero attached hydrogens (tertiary/aromatic N) is 4. The first-order valence-electron chi connectivity index (χ1n) is 7.33. The smallest absolute Gasteiger partial charge is 0.329 e. The van der Waals surface area contributed by atoms with E-state index in [9.17, 15) is 9.59 Å². The predicted molar refractivity (Wildman–Crippen MR) is 83.9 cm³/mol. The normalized spacial score (nSPS) is 11.8. The third kappa shape index (κ3) is 2.28. The van der Waals surface area contributed by atoms with Gasteiger partial charge in [-0.05, 0) is 13.8 Å². The quantitative estimate of drug-likeness (QED) is 0.605. The largest absolute Gasteiger partial charge is 0.394 e. The summed E-state index contributed by atoms with van der Waals surface area (Å²) in [6, 6.07) is 0. The number of hydrogen-bond acceptors (Lipinski definition) is 5. The first-order valence-corrected chi connectivity index (χ1v) is 7.33. The molecule has 0 saturated carbocycles. The van der Waals surface area contributed by atoms with E-state index in [-0.39, 0.29) is 13.2 Å². The second kappa shape index (κ2) is 5.67. The lowest BCUT2D eigenvalue weighted by Gasteiger charge is -2.06. The van der Waals surface area contributed by atoms with Crippen molar-refractivity contribution >= 4 is 16.9 Å². The lowest BCUT2D eigenvalue weighted by molar-refractivity contribution is 0.0872. The molecule has 0 bridgehead atoms. The summed E-state index contributed by atoms with van der Waals surface area (Å²) in [6.45, 7) is 5.06. The van der Waals surface area contributed by atoms with E-state index in [2.05, 4.69) is 9.97 Å². The fourth-order valence-electron chi connectivity index (χ4n) is 2.77. The number of aromatic amines is 1. The van der Waals surface area contributed by atoms with Gasteiger partial charge in [-0.1, -0.05) is 0 Å². The van der Waals surface area contributed by atoms with Crippen molar-refractivity contribution in [3.63, 3.8) is 0 Å². The van der Waals surface area contributed by atoms with Crippen LogP contribution in [-0.4, -0.2) is 48.4 Å². The van der Waals surface area contributed by atoms with E-state index >= 15 is 0 Å². The first kappa shape index (κ1) is 15.5. The summed E-state index contributed by atoms with van der Waals surface area (Å²) < 4.78 is 10.3. The van der Waals surface area contributed by atoms with Crippen molar-refractivity contribution in [1.82, 2.24) is 23.5 Å². The van der Waals surface area contributed by atoms with Gasteiger partial charge in [0.25, 0.3) is 5.56 Å². The Bertz CT molecular complexity index is 991. The molecule has 0 fully saturated rings. The molecule has 0 radical (unpaired) electrons. The molecule has 0 amide bonds. The van der Waals surface area contributed by atoms with E-state index in [0.29, 0.717) is 30.1 Å². The Morgan fingerprint density at radius 1 is 1.22 bits per heavy atom. The Morgan fingerprint density at radius 2 is 1.96 bits per heavy atom. The summed E-state index contributed by atoms with van der Waals surface area (Å²) in [5, 5.41) is 8.76. The van der Waals surface area contributed by atoms with Crippen LogP contribution < -0.4 is 11.2 Å². The number of aryl methyl sites for hydroxylation is 2. The van der Waals surface area contributed by atoms with Gasteiger partial charge in [0.15, 0.2) is 11.2 Å². The van der Waals surface area contributed by atoms with Crippen LogP contribution in [0.1, 0.15) is 11.4 Å². The maximum atomic E-state index is 12.2. The van der Waals surface area contributed by atoms with Crippen LogP contribution in [0.4, 0.5) is 0 Å². The number of ether oxygens (including phenoxy) is 1. The van der Waals surface area contributed by atoms with Gasteiger partial charge < -0.3 is 14.4 Å². The van der Waals surface area contributed by atoms with E-state index in [1.54, 1.807) is 11.4 Å². The Balaban J connectivity index is 2.23. The molecule has 3 rings (SSSR count). The van der Waals surface area contributed by atoms with Gasteiger partial charge in [0, 0.05) is 25.0 Å². The molecule has 0 aliphatic carbocycles. The zero-order valence-electron chi connectivity index (χ0n) is 13.3. The Hall–Kier alpha value is -2.39. The Labute approximate surface area is 130 Å². The van der Waals surface area contributed by atoms with Gasteiger partial charge in [-0.2, -0.15) is 4.98 Å². The highest BCUT2D eigenvalue weighted by molar-refractivity contribution is 5.76. The van der Waals surface area contributed by atoms with Crippen molar-refractivity contribution < 1.29 is 9.84 Å². The third-order valence-corrected chi connectivity index (χ3v) is 4.10. The zero-order valence-corrected chi connectivity index (χ0v) is 13.3. The average molecular weight is 321 g/mol. The number of H-pyrrole nitrogens is 1. The van der Waals surface area contributed by atoms with Crippen molar-refractivity contribution in [3.05, 3.63) is 32.2 Å². The van der Waals surface area contributed by atoms with Gasteiger partial charge in [0.1, 0.15) is 0 Å². The monoisotopic (exact) mass is 321 g/mol. The van der Waals surface area contributed by atoms with Gasteiger partial charge in [-0.15, -0.1) is 0 Å². The van der Waals surface area contributed by atoms with E-state index in [4.69, 9.17) is 9.84 Å². The summed E-state index contributed by atoms with van der Waals surface area (Å²) in [6.07, 6.45) is 0. The molecule has 2 N–H and O–H groups in total. The Kier molecular flexibility index (Phi) is 3.82. The molecule has 9 heteroatoms. The highest BCUT2D eigenvalue weighted by Crippen LogP contribution is 2.20. The van der Waals surface area contributed by atoms with Crippen LogP contribution in [0, 0.1) is 13.8 Å². The van der Waals surface area contributed by atoms with Crippen LogP contribution in [-0.2, 0) is 18.3 Å². The molecule has 0 aliphatic rings. The lowest BCUT2D eigenvalue weighted by Crippen LogP contribution is -2.28. The molecule has 3 heterocycles. The lowest BCUT2D eigenvalue weighted by atomic mass is 10.3. The molecular formula is C14H19N5O4. The number of hydrogen-bond donors (Lipinski definition) is 2. The second-order valence-electron chi connectivity index (χ2n) is 5.40. The summed E-state index contributed by atoms with van der Waals surface area (Å²) in [5.41, 5.74) is 1.62. The summed E-state index contributed by atoms with van der Waals surface area (Å²) in [7, 11) is 1.57. The highest BCUT2D eigenvalue weighted by Gasteiger charge is 2.20. The van der Waals surface area contributed by atoms with Crippen LogP contribution >= 0.6 is 0 Å². The molecule has 124 valence electrons. The minimum atomic E-state index is -0.490. The number of imidazole rings is 2. The van der Waals surface area contributed by atoms with Crippen molar-refractivity contribution in [2.45, 2.75) is 20.4 Å². The van der Waals surface area contributed by atoms with Gasteiger partial charge in [0.05, 0.1) is 19.8 Å². The van der Waals surface area contributed by atoms with E-state index in [1.807, 2.05) is 18.4 Å². The number of fused-ring (bicyclic) bond motifs is 3. The fraction of sp³-hybridized carbons (Fsp3) is 0.500. The molecule has 0 aromatic carbocycles. The standard InChI is InChI=1S/C14H19N5O4/c1-8-9(2)19-10-11(17(3)14(22)16-12(10)21)15-13(19)18(8)4-6-23-7-5-20/h20H,4-7H2,1-3H3,(H,16,21,22). The number of aromatic nitrogens is 5. The fourth-order valence-corrected chi connectivity index (χ4v) is 2.77. The minimum absolute atomic E-state index is 0.0240. The molecule has 0 unspecified atom stereocenters. The van der Waals surface area contributed by atoms with Crippen LogP contribution in [0.25, 0.3) is 16.9 Å². The van der Waals surface area contributed by atoms with Gasteiger partial charge in [-0.3, -0.25) is 18.7 Å². The summed E-state index contributed by atoms with van der Waals surface area (Å²) in [4.78, 5) is 30.7. The molecule has 0 atom stereocenters. The van der Waals surface area contributed by atoms with Crippen LogP contribution in [0.3, 0.4) is 0 Å². The molecule has 23 heavy (non-hydrogen) atoms. The first-order chi connectivity index (χ1) is 11.0. The van der Waals surface area contributed by atoms with E-state index < -0.39 is 11.2 Å². The van der Waals surface area contributed by atoms with Crippen molar-refractivity contribution in [2.75, 3.05) is 19.8 Å². The Morgan fingerprint density at radius 3 is 2.65 bits per heavy atom. The molecule has 3 aromatic rings. The SMILES string of the molecule is Cc1c(C)n2c3c(=O)[nH]c(=O)n(C)c3nc2n1CCOCCO. The van der Waals surface area contributed by atoms with E-state index in [0.717, 1.165) is 11.4 Å². The molecule has 3 aromatic heterocycles. The van der Waals surface area contributed by atoms with Crippen molar-refractivity contribution in [1.29, 1.82) is 0 Å². The molecule has 0 aliphatic heterocycles. The summed E-state index contributed by atoms with van der Waals surface area (Å²) >= 11 is 0. The molecule has 0 saturated heterocycles. The highest BCUT2D eigenvalue weighted by atomic mass is 16.5. The van der Waals surface area contributed by atoms with Crippen LogP contribution in [0.2, 0.25) is 0 Å². The number of aliphatic hydroxyl groups is 1. The molecule has 0 spiro atoms. The number of rotatable bonds is 5. The topological polar surface area (TPSA) is 107 Å². The van der Waals surface area contributed by atoms with Crippen molar-refractivity contribution in [2.24, 2.45) is 7.05 Å². The maximum absolute atomic E-state index is 12.2. The zero-order chi connectivity index (χ0) is 16.7. The number of nitrogens with one attached hydrogen (secondary N) is 1. The third-order valence-electron chi connectivity index (χ3n) is 4.10.